The quantitative estimate of drug-likeness (QED) is 0.888. The van der Waals surface area contributed by atoms with E-state index in [-0.39, 0.29) is 11.8 Å². The third-order valence-corrected chi connectivity index (χ3v) is 4.46. The molecule has 136 valence electrons. The first-order valence-electron chi connectivity index (χ1n) is 8.74. The van der Waals surface area contributed by atoms with Gasteiger partial charge in [0.2, 0.25) is 5.91 Å². The Morgan fingerprint density at radius 1 is 0.808 bits per heavy atom. The van der Waals surface area contributed by atoms with Crippen LogP contribution in [0.5, 0.6) is 0 Å². The zero-order valence-corrected chi connectivity index (χ0v) is 15.2. The average molecular weight is 352 g/mol. The van der Waals surface area contributed by atoms with Crippen molar-refractivity contribution >= 4 is 28.9 Å². The molecule has 1 fully saturated rings. The summed E-state index contributed by atoms with van der Waals surface area (Å²) in [7, 11) is 2.14. The number of nitrogens with zero attached hydrogens (tertiary/aromatic N) is 2. The number of carbonyl (C=O) groups excluding carboxylic acids is 2. The summed E-state index contributed by atoms with van der Waals surface area (Å²) in [5.74, 6) is -0.311. The lowest BCUT2D eigenvalue weighted by Gasteiger charge is -2.34. The Balaban J connectivity index is 1.59. The van der Waals surface area contributed by atoms with E-state index in [1.54, 1.807) is 24.3 Å². The van der Waals surface area contributed by atoms with E-state index in [9.17, 15) is 9.59 Å². The fourth-order valence-electron chi connectivity index (χ4n) is 2.93. The largest absolute Gasteiger partial charge is 0.369 e. The van der Waals surface area contributed by atoms with Gasteiger partial charge in [0, 0.05) is 55.7 Å². The van der Waals surface area contributed by atoms with Gasteiger partial charge in [-0.3, -0.25) is 9.59 Å². The van der Waals surface area contributed by atoms with E-state index < -0.39 is 0 Å². The highest BCUT2D eigenvalue weighted by Gasteiger charge is 2.14. The number of carbonyl (C=O) groups is 2. The molecule has 2 amide bonds. The minimum absolute atomic E-state index is 0.136. The van der Waals surface area contributed by atoms with Gasteiger partial charge in [0.15, 0.2) is 0 Å². The first-order chi connectivity index (χ1) is 12.5. The summed E-state index contributed by atoms with van der Waals surface area (Å²) in [5.41, 5.74) is 3.15. The molecular weight excluding hydrogens is 328 g/mol. The number of amides is 2. The minimum atomic E-state index is -0.174. The van der Waals surface area contributed by atoms with Crippen LogP contribution in [0, 0.1) is 0 Å². The van der Waals surface area contributed by atoms with Gasteiger partial charge in [0.25, 0.3) is 5.91 Å². The zero-order chi connectivity index (χ0) is 18.5. The summed E-state index contributed by atoms with van der Waals surface area (Å²) in [6.45, 7) is 5.61. The lowest BCUT2D eigenvalue weighted by molar-refractivity contribution is -0.114. The van der Waals surface area contributed by atoms with Crippen molar-refractivity contribution < 1.29 is 9.59 Å². The number of piperazine rings is 1. The van der Waals surface area contributed by atoms with Gasteiger partial charge in [-0.1, -0.05) is 0 Å². The van der Waals surface area contributed by atoms with Gasteiger partial charge in [-0.2, -0.15) is 0 Å². The van der Waals surface area contributed by atoms with Gasteiger partial charge in [-0.15, -0.1) is 0 Å². The summed E-state index contributed by atoms with van der Waals surface area (Å²) >= 11 is 0. The van der Waals surface area contributed by atoms with Crippen molar-refractivity contribution in [2.45, 2.75) is 6.92 Å². The second kappa shape index (κ2) is 8.01. The molecule has 0 radical (unpaired) electrons. The van der Waals surface area contributed by atoms with Crippen molar-refractivity contribution in [1.29, 1.82) is 0 Å². The minimum Gasteiger partial charge on any atom is -0.369 e. The number of rotatable bonds is 4. The number of anilines is 3. The van der Waals surface area contributed by atoms with Gasteiger partial charge in [-0.25, -0.2) is 0 Å². The molecule has 0 atom stereocenters. The third kappa shape index (κ3) is 4.61. The van der Waals surface area contributed by atoms with Crippen LogP contribution in [0.15, 0.2) is 48.5 Å². The predicted octanol–water partition coefficient (Wildman–Crippen LogP) is 2.65. The van der Waals surface area contributed by atoms with E-state index in [0.29, 0.717) is 11.3 Å². The standard InChI is InChI=1S/C20H24N4O2/c1-15(25)21-17-5-3-16(4-6-17)20(26)22-18-7-9-19(10-8-18)24-13-11-23(2)12-14-24/h3-10H,11-14H2,1-2H3,(H,21,25)(H,22,26). The van der Waals surface area contributed by atoms with Crippen LogP contribution in [-0.4, -0.2) is 49.9 Å². The summed E-state index contributed by atoms with van der Waals surface area (Å²) in [6.07, 6.45) is 0. The number of likely N-dealkylation sites (N-methyl/N-ethyl adjacent to an activating group) is 1. The van der Waals surface area contributed by atoms with Crippen molar-refractivity contribution in [3.8, 4) is 0 Å². The number of nitrogens with one attached hydrogen (secondary N) is 2. The Morgan fingerprint density at radius 2 is 1.35 bits per heavy atom. The molecule has 1 aliphatic heterocycles. The first kappa shape index (κ1) is 17.9. The summed E-state index contributed by atoms with van der Waals surface area (Å²) in [6, 6.07) is 14.8. The topological polar surface area (TPSA) is 64.7 Å². The molecule has 1 heterocycles. The lowest BCUT2D eigenvalue weighted by atomic mass is 10.2. The van der Waals surface area contributed by atoms with Crippen molar-refractivity contribution in [3.63, 3.8) is 0 Å². The Bertz CT molecular complexity index is 763. The molecule has 1 aliphatic rings. The molecule has 0 bridgehead atoms. The second-order valence-corrected chi connectivity index (χ2v) is 6.55. The maximum absolute atomic E-state index is 12.4. The van der Waals surface area contributed by atoms with E-state index in [1.165, 1.54) is 12.6 Å². The number of hydrogen-bond donors (Lipinski definition) is 2. The Morgan fingerprint density at radius 3 is 1.92 bits per heavy atom. The predicted molar refractivity (Wildman–Crippen MR) is 105 cm³/mol. The number of benzene rings is 2. The lowest BCUT2D eigenvalue weighted by Crippen LogP contribution is -2.44. The van der Waals surface area contributed by atoms with Gasteiger partial charge in [0.05, 0.1) is 0 Å². The Hall–Kier alpha value is -2.86. The van der Waals surface area contributed by atoms with Crippen LogP contribution in [0.25, 0.3) is 0 Å². The second-order valence-electron chi connectivity index (χ2n) is 6.55. The SMILES string of the molecule is CC(=O)Nc1ccc(C(=O)Nc2ccc(N3CCN(C)CC3)cc2)cc1. The molecular formula is C20H24N4O2. The van der Waals surface area contributed by atoms with Crippen LogP contribution < -0.4 is 15.5 Å². The van der Waals surface area contributed by atoms with Gasteiger partial charge in [-0.05, 0) is 55.6 Å². The molecule has 2 aromatic carbocycles. The average Bonchev–Trinajstić information content (AvgIpc) is 2.63. The summed E-state index contributed by atoms with van der Waals surface area (Å²) in [4.78, 5) is 28.1. The molecule has 1 saturated heterocycles. The molecule has 0 unspecified atom stereocenters. The zero-order valence-electron chi connectivity index (χ0n) is 15.2. The first-order valence-corrected chi connectivity index (χ1v) is 8.74. The molecule has 0 spiro atoms. The van der Waals surface area contributed by atoms with Gasteiger partial charge < -0.3 is 20.4 Å². The van der Waals surface area contributed by atoms with Crippen LogP contribution in [0.4, 0.5) is 17.1 Å². The third-order valence-electron chi connectivity index (χ3n) is 4.46. The molecule has 2 aromatic rings. The molecule has 6 heteroatoms. The fraction of sp³-hybridized carbons (Fsp3) is 0.300. The Labute approximate surface area is 153 Å². The van der Waals surface area contributed by atoms with E-state index in [4.69, 9.17) is 0 Å². The van der Waals surface area contributed by atoms with Crippen molar-refractivity contribution in [1.82, 2.24) is 4.90 Å². The van der Waals surface area contributed by atoms with Crippen LogP contribution in [-0.2, 0) is 4.79 Å². The summed E-state index contributed by atoms with van der Waals surface area (Å²) in [5, 5.41) is 5.59. The fourth-order valence-corrected chi connectivity index (χ4v) is 2.93. The number of hydrogen-bond acceptors (Lipinski definition) is 4. The van der Waals surface area contributed by atoms with Gasteiger partial charge in [0.1, 0.15) is 0 Å². The highest BCUT2D eigenvalue weighted by Crippen LogP contribution is 2.20. The maximum Gasteiger partial charge on any atom is 0.255 e. The Kier molecular flexibility index (Phi) is 5.53. The summed E-state index contributed by atoms with van der Waals surface area (Å²) < 4.78 is 0. The smallest absolute Gasteiger partial charge is 0.255 e. The normalized spacial score (nSPS) is 14.8. The molecule has 26 heavy (non-hydrogen) atoms. The molecule has 2 N–H and O–H groups in total. The molecule has 0 aliphatic carbocycles. The molecule has 0 aromatic heterocycles. The van der Waals surface area contributed by atoms with E-state index >= 15 is 0 Å². The highest BCUT2D eigenvalue weighted by molar-refractivity contribution is 6.04. The van der Waals surface area contributed by atoms with Crippen molar-refractivity contribution in [3.05, 3.63) is 54.1 Å². The van der Waals surface area contributed by atoms with E-state index in [1.807, 2.05) is 24.3 Å². The monoisotopic (exact) mass is 352 g/mol. The van der Waals surface area contributed by atoms with Crippen molar-refractivity contribution in [2.24, 2.45) is 0 Å². The van der Waals surface area contributed by atoms with Crippen LogP contribution in [0.1, 0.15) is 17.3 Å². The van der Waals surface area contributed by atoms with E-state index in [0.717, 1.165) is 31.9 Å². The van der Waals surface area contributed by atoms with Gasteiger partial charge >= 0.3 is 0 Å². The van der Waals surface area contributed by atoms with Crippen molar-refractivity contribution in [2.75, 3.05) is 48.8 Å². The van der Waals surface area contributed by atoms with Crippen LogP contribution in [0.2, 0.25) is 0 Å². The van der Waals surface area contributed by atoms with Crippen LogP contribution in [0.3, 0.4) is 0 Å². The molecule has 6 nitrogen and oxygen atoms in total. The molecule has 0 saturated carbocycles. The maximum atomic E-state index is 12.4. The highest BCUT2D eigenvalue weighted by atomic mass is 16.2. The van der Waals surface area contributed by atoms with E-state index in [2.05, 4.69) is 27.5 Å². The van der Waals surface area contributed by atoms with Crippen LogP contribution >= 0.6 is 0 Å². The molecule has 3 rings (SSSR count).